The van der Waals surface area contributed by atoms with Crippen molar-refractivity contribution in [1.29, 1.82) is 0 Å². The SMILES string of the molecule is CCOCCC[NH2+]Cc1ccc(OC)cc1. The second kappa shape index (κ2) is 8.13. The molecule has 1 aromatic rings. The number of nitrogens with two attached hydrogens (primary N) is 1. The number of hydrogen-bond donors (Lipinski definition) is 1. The highest BCUT2D eigenvalue weighted by Gasteiger charge is 1.96. The Morgan fingerprint density at radius 1 is 1.19 bits per heavy atom. The third-order valence-corrected chi connectivity index (χ3v) is 2.44. The first-order valence-electron chi connectivity index (χ1n) is 5.89. The molecule has 0 aliphatic carbocycles. The second-order valence-electron chi connectivity index (χ2n) is 3.68. The molecule has 3 nitrogen and oxygen atoms in total. The Kier molecular flexibility index (Phi) is 6.61. The van der Waals surface area contributed by atoms with Gasteiger partial charge in [0.2, 0.25) is 0 Å². The van der Waals surface area contributed by atoms with Gasteiger partial charge in [0, 0.05) is 18.6 Å². The van der Waals surface area contributed by atoms with Crippen LogP contribution in [-0.2, 0) is 11.3 Å². The first kappa shape index (κ1) is 13.0. The fourth-order valence-electron chi connectivity index (χ4n) is 1.50. The summed E-state index contributed by atoms with van der Waals surface area (Å²) in [6, 6.07) is 8.22. The fourth-order valence-corrected chi connectivity index (χ4v) is 1.50. The molecular formula is C13H22NO2+. The summed E-state index contributed by atoms with van der Waals surface area (Å²) in [6.07, 6.45) is 1.12. The average molecular weight is 224 g/mol. The standard InChI is InChI=1S/C13H21NO2/c1-3-16-10-4-9-14-11-12-5-7-13(15-2)8-6-12/h5-8,14H,3-4,9-11H2,1-2H3/p+1. The van der Waals surface area contributed by atoms with E-state index in [1.165, 1.54) is 5.56 Å². The van der Waals surface area contributed by atoms with Gasteiger partial charge in [-0.15, -0.1) is 0 Å². The van der Waals surface area contributed by atoms with Gasteiger partial charge in [0.1, 0.15) is 12.3 Å². The van der Waals surface area contributed by atoms with E-state index in [2.05, 4.69) is 17.4 Å². The highest BCUT2D eigenvalue weighted by Crippen LogP contribution is 2.09. The van der Waals surface area contributed by atoms with Crippen molar-refractivity contribution in [2.24, 2.45) is 0 Å². The quantitative estimate of drug-likeness (QED) is 0.673. The van der Waals surface area contributed by atoms with Crippen LogP contribution in [0.1, 0.15) is 18.9 Å². The zero-order chi connectivity index (χ0) is 11.6. The van der Waals surface area contributed by atoms with Gasteiger partial charge in [0.25, 0.3) is 0 Å². The third-order valence-electron chi connectivity index (χ3n) is 2.44. The maximum Gasteiger partial charge on any atom is 0.118 e. The summed E-state index contributed by atoms with van der Waals surface area (Å²) in [4.78, 5) is 0. The van der Waals surface area contributed by atoms with Gasteiger partial charge in [-0.25, -0.2) is 0 Å². The van der Waals surface area contributed by atoms with Gasteiger partial charge in [0.05, 0.1) is 20.3 Å². The molecule has 90 valence electrons. The van der Waals surface area contributed by atoms with E-state index in [0.29, 0.717) is 0 Å². The molecule has 3 heteroatoms. The zero-order valence-electron chi connectivity index (χ0n) is 10.2. The van der Waals surface area contributed by atoms with Crippen molar-refractivity contribution in [1.82, 2.24) is 0 Å². The second-order valence-corrected chi connectivity index (χ2v) is 3.68. The molecule has 1 rings (SSSR count). The van der Waals surface area contributed by atoms with Gasteiger partial charge in [-0.2, -0.15) is 0 Å². The summed E-state index contributed by atoms with van der Waals surface area (Å²) in [5.74, 6) is 0.917. The lowest BCUT2D eigenvalue weighted by molar-refractivity contribution is -0.671. The van der Waals surface area contributed by atoms with E-state index in [4.69, 9.17) is 9.47 Å². The molecule has 0 fully saturated rings. The molecule has 0 aliphatic rings. The smallest absolute Gasteiger partial charge is 0.118 e. The van der Waals surface area contributed by atoms with Crippen LogP contribution in [0.5, 0.6) is 5.75 Å². The van der Waals surface area contributed by atoms with E-state index in [1.54, 1.807) is 7.11 Å². The molecule has 1 aromatic carbocycles. The lowest BCUT2D eigenvalue weighted by atomic mass is 10.2. The normalized spacial score (nSPS) is 10.4. The van der Waals surface area contributed by atoms with Gasteiger partial charge in [-0.05, 0) is 31.2 Å². The van der Waals surface area contributed by atoms with E-state index >= 15 is 0 Å². The molecule has 0 unspecified atom stereocenters. The molecule has 0 bridgehead atoms. The van der Waals surface area contributed by atoms with Crippen molar-refractivity contribution in [3.8, 4) is 5.75 Å². The molecule has 0 aliphatic heterocycles. The number of quaternary nitrogens is 1. The Morgan fingerprint density at radius 3 is 2.56 bits per heavy atom. The van der Waals surface area contributed by atoms with Crippen molar-refractivity contribution in [2.45, 2.75) is 19.9 Å². The maximum absolute atomic E-state index is 5.28. The Bertz CT molecular complexity index is 272. The molecule has 2 N–H and O–H groups in total. The number of benzene rings is 1. The first-order chi connectivity index (χ1) is 7.86. The minimum Gasteiger partial charge on any atom is -0.497 e. The van der Waals surface area contributed by atoms with E-state index in [9.17, 15) is 0 Å². The third kappa shape index (κ3) is 5.14. The molecule has 0 radical (unpaired) electrons. The monoisotopic (exact) mass is 224 g/mol. The molecule has 0 aromatic heterocycles. The van der Waals surface area contributed by atoms with Crippen LogP contribution < -0.4 is 10.1 Å². The lowest BCUT2D eigenvalue weighted by Gasteiger charge is -2.03. The summed E-state index contributed by atoms with van der Waals surface area (Å²) in [7, 11) is 1.69. The van der Waals surface area contributed by atoms with Gasteiger partial charge < -0.3 is 14.8 Å². The summed E-state index contributed by atoms with van der Waals surface area (Å²) in [6.45, 7) is 5.86. The largest absolute Gasteiger partial charge is 0.497 e. The Hall–Kier alpha value is -1.06. The van der Waals surface area contributed by atoms with E-state index in [-0.39, 0.29) is 0 Å². The van der Waals surface area contributed by atoms with Gasteiger partial charge in [0.15, 0.2) is 0 Å². The van der Waals surface area contributed by atoms with Crippen molar-refractivity contribution in [2.75, 3.05) is 26.9 Å². The highest BCUT2D eigenvalue weighted by atomic mass is 16.5. The molecule has 0 heterocycles. The van der Waals surface area contributed by atoms with Crippen LogP contribution in [0.25, 0.3) is 0 Å². The highest BCUT2D eigenvalue weighted by molar-refractivity contribution is 5.26. The number of rotatable bonds is 8. The predicted molar refractivity (Wildman–Crippen MR) is 64.6 cm³/mol. The maximum atomic E-state index is 5.28. The Morgan fingerprint density at radius 2 is 1.94 bits per heavy atom. The summed E-state index contributed by atoms with van der Waals surface area (Å²) >= 11 is 0. The Balaban J connectivity index is 2.12. The van der Waals surface area contributed by atoms with E-state index < -0.39 is 0 Å². The molecule has 0 atom stereocenters. The Labute approximate surface area is 97.8 Å². The molecular weight excluding hydrogens is 202 g/mol. The van der Waals surface area contributed by atoms with Crippen molar-refractivity contribution >= 4 is 0 Å². The number of hydrogen-bond acceptors (Lipinski definition) is 2. The predicted octanol–water partition coefficient (Wildman–Crippen LogP) is 1.19. The van der Waals surface area contributed by atoms with Crippen molar-refractivity contribution in [3.05, 3.63) is 29.8 Å². The average Bonchev–Trinajstić information content (AvgIpc) is 2.34. The van der Waals surface area contributed by atoms with Crippen LogP contribution in [0.2, 0.25) is 0 Å². The number of ether oxygens (including phenoxy) is 2. The lowest BCUT2D eigenvalue weighted by Crippen LogP contribution is -2.82. The van der Waals surface area contributed by atoms with Crippen molar-refractivity contribution < 1.29 is 14.8 Å². The molecule has 0 saturated carbocycles. The van der Waals surface area contributed by atoms with Crippen LogP contribution in [0, 0.1) is 0 Å². The molecule has 0 spiro atoms. The summed E-state index contributed by atoms with van der Waals surface area (Å²) < 4.78 is 10.4. The van der Waals surface area contributed by atoms with Gasteiger partial charge >= 0.3 is 0 Å². The zero-order valence-corrected chi connectivity index (χ0v) is 10.2. The van der Waals surface area contributed by atoms with Crippen LogP contribution in [-0.4, -0.2) is 26.9 Å². The number of methoxy groups -OCH3 is 1. The first-order valence-corrected chi connectivity index (χ1v) is 5.89. The minimum atomic E-state index is 0.818. The van der Waals surface area contributed by atoms with Crippen LogP contribution >= 0.6 is 0 Å². The van der Waals surface area contributed by atoms with Crippen LogP contribution in [0.3, 0.4) is 0 Å². The van der Waals surface area contributed by atoms with Crippen LogP contribution in [0.15, 0.2) is 24.3 Å². The fraction of sp³-hybridized carbons (Fsp3) is 0.538. The molecule has 0 amide bonds. The summed E-state index contributed by atoms with van der Waals surface area (Å²) in [5, 5.41) is 2.31. The molecule has 0 saturated heterocycles. The molecule has 16 heavy (non-hydrogen) atoms. The van der Waals surface area contributed by atoms with Gasteiger partial charge in [-0.3, -0.25) is 0 Å². The van der Waals surface area contributed by atoms with E-state index in [1.807, 2.05) is 19.1 Å². The van der Waals surface area contributed by atoms with Crippen molar-refractivity contribution in [3.63, 3.8) is 0 Å². The minimum absolute atomic E-state index is 0.818. The van der Waals surface area contributed by atoms with Crippen LogP contribution in [0.4, 0.5) is 0 Å². The summed E-state index contributed by atoms with van der Waals surface area (Å²) in [5.41, 5.74) is 1.33. The van der Waals surface area contributed by atoms with Gasteiger partial charge in [-0.1, -0.05) is 0 Å². The topological polar surface area (TPSA) is 35.1 Å². The van der Waals surface area contributed by atoms with E-state index in [0.717, 1.165) is 38.5 Å².